The number of nitrogens with zero attached hydrogens (tertiary/aromatic N) is 2. The second-order valence-electron chi connectivity index (χ2n) is 10.2. The number of aliphatic hydroxyl groups is 2. The molecule has 0 aliphatic carbocycles. The number of aliphatic imine (C=N–C) groups is 2. The van der Waals surface area contributed by atoms with Gasteiger partial charge in [-0.1, -0.05) is 82.3 Å². The molecule has 0 spiro atoms. The molecule has 3 aromatic rings. The van der Waals surface area contributed by atoms with Crippen LogP contribution in [0.4, 0.5) is 5.69 Å². The number of rotatable bonds is 11. The molecule has 0 radical (unpaired) electrons. The van der Waals surface area contributed by atoms with Crippen LogP contribution in [0.1, 0.15) is 76.0 Å². The Morgan fingerprint density at radius 2 is 1.33 bits per heavy atom. The van der Waals surface area contributed by atoms with Crippen molar-refractivity contribution in [1.82, 2.24) is 0 Å². The van der Waals surface area contributed by atoms with Crippen LogP contribution in [0.2, 0.25) is 0 Å². The first kappa shape index (κ1) is 30.3. The zero-order chi connectivity index (χ0) is 28.5. The third-order valence-corrected chi connectivity index (χ3v) is 7.64. The largest absolute Gasteiger partial charge is 0.457 e. The summed E-state index contributed by atoms with van der Waals surface area (Å²) in [7, 11) is 0. The summed E-state index contributed by atoms with van der Waals surface area (Å²) in [6.07, 6.45) is 0.703. The highest BCUT2D eigenvalue weighted by molar-refractivity contribution is 5.83. The molecule has 5 heteroatoms. The van der Waals surface area contributed by atoms with E-state index < -0.39 is 18.3 Å². The van der Waals surface area contributed by atoms with E-state index in [1.807, 2.05) is 26.8 Å². The molecule has 0 heterocycles. The van der Waals surface area contributed by atoms with E-state index in [-0.39, 0.29) is 6.02 Å². The van der Waals surface area contributed by atoms with Crippen LogP contribution in [0.3, 0.4) is 0 Å². The molecule has 0 aliphatic heterocycles. The van der Waals surface area contributed by atoms with Crippen molar-refractivity contribution < 1.29 is 14.9 Å². The number of ether oxygens (including phenoxy) is 1. The molecule has 0 aromatic heterocycles. The van der Waals surface area contributed by atoms with Crippen LogP contribution >= 0.6 is 0 Å². The van der Waals surface area contributed by atoms with E-state index in [4.69, 9.17) is 4.74 Å². The summed E-state index contributed by atoms with van der Waals surface area (Å²) in [6.45, 7) is 15.9. The van der Waals surface area contributed by atoms with Crippen molar-refractivity contribution in [1.29, 1.82) is 0 Å². The molecule has 208 valence electrons. The first-order valence-electron chi connectivity index (χ1n) is 14.2. The average molecular weight is 529 g/mol. The molecule has 0 fully saturated rings. The summed E-state index contributed by atoms with van der Waals surface area (Å²) in [4.78, 5) is 8.60. The predicted molar refractivity (Wildman–Crippen MR) is 164 cm³/mol. The minimum Gasteiger partial charge on any atom is -0.457 e. The van der Waals surface area contributed by atoms with Crippen molar-refractivity contribution >= 4 is 18.4 Å². The van der Waals surface area contributed by atoms with Gasteiger partial charge < -0.3 is 14.9 Å². The van der Waals surface area contributed by atoms with Crippen molar-refractivity contribution in [3.05, 3.63) is 77.4 Å². The number of hydrogen-bond donors (Lipinski definition) is 2. The maximum absolute atomic E-state index is 10.4. The van der Waals surface area contributed by atoms with Gasteiger partial charge in [-0.15, -0.1) is 0 Å². The number of amidine groups is 1. The molecule has 0 bridgehead atoms. The van der Waals surface area contributed by atoms with Crippen LogP contribution in [0.15, 0.2) is 70.6 Å². The summed E-state index contributed by atoms with van der Waals surface area (Å²) in [5.41, 5.74) is 8.83. The number of aryl methyl sites for hydroxylation is 2. The first-order valence-corrected chi connectivity index (χ1v) is 14.2. The third-order valence-electron chi connectivity index (χ3n) is 7.64. The molecular weight excluding hydrogens is 484 g/mol. The van der Waals surface area contributed by atoms with E-state index in [0.717, 1.165) is 40.8 Å². The highest BCUT2D eigenvalue weighted by Crippen LogP contribution is 2.33. The highest BCUT2D eigenvalue weighted by Gasteiger charge is 2.26. The fraction of sp³-hybridized carbons (Fsp3) is 0.412. The van der Waals surface area contributed by atoms with Crippen LogP contribution in [-0.4, -0.2) is 41.3 Å². The molecule has 3 unspecified atom stereocenters. The van der Waals surface area contributed by atoms with Crippen molar-refractivity contribution in [3.8, 4) is 22.3 Å². The Morgan fingerprint density at radius 3 is 1.85 bits per heavy atom. The van der Waals surface area contributed by atoms with Crippen molar-refractivity contribution in [3.63, 3.8) is 0 Å². The maximum atomic E-state index is 10.4. The molecule has 39 heavy (non-hydrogen) atoms. The first-order chi connectivity index (χ1) is 18.8. The van der Waals surface area contributed by atoms with E-state index in [1.54, 1.807) is 0 Å². The standard InChI is InChI=1S/C34H44N2O3/c1-8-24(9-2)25-12-14-26(15-13-25)27-16-18-28(19-17-27)29-21-30(23(6)20-22(29)5)36-34(35-7)39-32(11-4)33(38)31(37)10-3/h12-21,24,31-33,37-38H,7-11H2,1-6H3. The summed E-state index contributed by atoms with van der Waals surface area (Å²) < 4.78 is 5.88. The van der Waals surface area contributed by atoms with Gasteiger partial charge in [0.25, 0.3) is 0 Å². The molecule has 0 amide bonds. The molecular formula is C34H44N2O3. The van der Waals surface area contributed by atoms with E-state index >= 15 is 0 Å². The Morgan fingerprint density at radius 1 is 0.769 bits per heavy atom. The maximum Gasteiger partial charge on any atom is 0.316 e. The molecule has 0 saturated heterocycles. The molecule has 3 atom stereocenters. The lowest BCUT2D eigenvalue weighted by atomic mass is 9.92. The van der Waals surface area contributed by atoms with Crippen LogP contribution in [0, 0.1) is 13.8 Å². The normalized spacial score (nSPS) is 14.2. The second kappa shape index (κ2) is 14.2. The minimum absolute atomic E-state index is 0.0780. The third kappa shape index (κ3) is 7.43. The molecule has 0 saturated carbocycles. The fourth-order valence-electron chi connectivity index (χ4n) is 5.04. The van der Waals surface area contributed by atoms with Gasteiger partial charge >= 0.3 is 6.02 Å². The fourth-order valence-corrected chi connectivity index (χ4v) is 5.04. The van der Waals surface area contributed by atoms with Gasteiger partial charge in [0.15, 0.2) is 0 Å². The quantitative estimate of drug-likeness (QED) is 0.195. The van der Waals surface area contributed by atoms with Crippen LogP contribution < -0.4 is 0 Å². The van der Waals surface area contributed by atoms with E-state index in [0.29, 0.717) is 18.8 Å². The van der Waals surface area contributed by atoms with Gasteiger partial charge in [-0.2, -0.15) is 4.99 Å². The Balaban J connectivity index is 1.87. The SMILES string of the molecule is C=NC(=Nc1cc(-c2ccc(-c3ccc(C(CC)CC)cc3)cc2)c(C)cc1C)OC(CC)C(O)C(O)CC. The summed E-state index contributed by atoms with van der Waals surface area (Å²) >= 11 is 0. The highest BCUT2D eigenvalue weighted by atomic mass is 16.5. The van der Waals surface area contributed by atoms with Crippen LogP contribution in [0.5, 0.6) is 0 Å². The van der Waals surface area contributed by atoms with E-state index in [1.165, 1.54) is 16.7 Å². The number of benzene rings is 3. The van der Waals surface area contributed by atoms with Crippen LogP contribution in [-0.2, 0) is 4.74 Å². The van der Waals surface area contributed by atoms with Gasteiger partial charge in [-0.05, 0) is 97.2 Å². The number of hydrogen-bond acceptors (Lipinski definition) is 4. The zero-order valence-corrected chi connectivity index (χ0v) is 24.3. The summed E-state index contributed by atoms with van der Waals surface area (Å²) in [5.74, 6) is 0.617. The van der Waals surface area contributed by atoms with Crippen molar-refractivity contribution in [2.75, 3.05) is 0 Å². The van der Waals surface area contributed by atoms with Gasteiger partial charge in [0.2, 0.25) is 0 Å². The van der Waals surface area contributed by atoms with Gasteiger partial charge in [-0.3, -0.25) is 0 Å². The van der Waals surface area contributed by atoms with Gasteiger partial charge in [0, 0.05) is 0 Å². The molecule has 5 nitrogen and oxygen atoms in total. The summed E-state index contributed by atoms with van der Waals surface area (Å²) in [6, 6.07) is 21.8. The average Bonchev–Trinajstić information content (AvgIpc) is 2.96. The molecule has 2 N–H and O–H groups in total. The predicted octanol–water partition coefficient (Wildman–Crippen LogP) is 8.16. The monoisotopic (exact) mass is 528 g/mol. The van der Waals surface area contributed by atoms with Crippen molar-refractivity contribution in [2.24, 2.45) is 9.98 Å². The smallest absolute Gasteiger partial charge is 0.316 e. The lowest BCUT2D eigenvalue weighted by Gasteiger charge is -2.25. The van der Waals surface area contributed by atoms with E-state index in [9.17, 15) is 10.2 Å². The second-order valence-corrected chi connectivity index (χ2v) is 10.2. The molecule has 3 aromatic carbocycles. The van der Waals surface area contributed by atoms with Gasteiger partial charge in [0.05, 0.1) is 11.8 Å². The van der Waals surface area contributed by atoms with E-state index in [2.05, 4.69) is 92.1 Å². The zero-order valence-electron chi connectivity index (χ0n) is 24.3. The lowest BCUT2D eigenvalue weighted by molar-refractivity contribution is -0.0555. The van der Waals surface area contributed by atoms with Gasteiger partial charge in [0.1, 0.15) is 12.2 Å². The number of aliphatic hydroxyl groups excluding tert-OH is 2. The Kier molecular flexibility index (Phi) is 11.0. The summed E-state index contributed by atoms with van der Waals surface area (Å²) in [5, 5.41) is 20.5. The Bertz CT molecular complexity index is 1240. The van der Waals surface area contributed by atoms with Crippen molar-refractivity contribution in [2.45, 2.75) is 91.5 Å². The van der Waals surface area contributed by atoms with Gasteiger partial charge in [-0.25, -0.2) is 4.99 Å². The molecule has 3 rings (SSSR count). The Hall–Kier alpha value is -3.28. The lowest BCUT2D eigenvalue weighted by Crippen LogP contribution is -2.39. The topological polar surface area (TPSA) is 74.4 Å². The molecule has 0 aliphatic rings. The van der Waals surface area contributed by atoms with Crippen LogP contribution in [0.25, 0.3) is 22.3 Å². The minimum atomic E-state index is -1.03. The Labute approximate surface area is 234 Å².